The van der Waals surface area contributed by atoms with Crippen LogP contribution in [0.3, 0.4) is 0 Å². The Morgan fingerprint density at radius 3 is 2.77 bits per heavy atom. The number of imide groups is 1. The molecule has 2 aliphatic rings. The zero-order chi connectivity index (χ0) is 9.26. The maximum Gasteiger partial charge on any atom is 0.230 e. The van der Waals surface area contributed by atoms with Crippen LogP contribution in [0.15, 0.2) is 12.2 Å². The summed E-state index contributed by atoms with van der Waals surface area (Å²) in [7, 11) is 0. The third-order valence-corrected chi connectivity index (χ3v) is 2.81. The van der Waals surface area contributed by atoms with Gasteiger partial charge >= 0.3 is 0 Å². The van der Waals surface area contributed by atoms with Gasteiger partial charge in [0.15, 0.2) is 0 Å². The molecule has 1 aliphatic heterocycles. The van der Waals surface area contributed by atoms with E-state index in [0.717, 1.165) is 19.3 Å². The fraction of sp³-hybridized carbons (Fsp3) is 0.600. The van der Waals surface area contributed by atoms with Crippen molar-refractivity contribution in [2.75, 3.05) is 0 Å². The van der Waals surface area contributed by atoms with E-state index in [2.05, 4.69) is 17.5 Å². The van der Waals surface area contributed by atoms with Gasteiger partial charge < -0.3 is 0 Å². The van der Waals surface area contributed by atoms with Crippen LogP contribution in [0.4, 0.5) is 0 Å². The Morgan fingerprint density at radius 1 is 1.38 bits per heavy atom. The van der Waals surface area contributed by atoms with Crippen LogP contribution in [0.2, 0.25) is 0 Å². The Balaban J connectivity index is 2.07. The molecule has 2 amide bonds. The lowest BCUT2D eigenvalue weighted by Gasteiger charge is -2.19. The van der Waals surface area contributed by atoms with Gasteiger partial charge in [0.1, 0.15) is 0 Å². The van der Waals surface area contributed by atoms with Crippen molar-refractivity contribution in [3.63, 3.8) is 0 Å². The quantitative estimate of drug-likeness (QED) is 0.482. The Kier molecular flexibility index (Phi) is 2.17. The zero-order valence-corrected chi connectivity index (χ0v) is 7.45. The van der Waals surface area contributed by atoms with E-state index < -0.39 is 0 Å². The van der Waals surface area contributed by atoms with Crippen LogP contribution < -0.4 is 5.32 Å². The SMILES string of the molecule is O=C1CC(C2C=CCCC2)C(=O)N1. The van der Waals surface area contributed by atoms with Crippen molar-refractivity contribution in [1.82, 2.24) is 5.32 Å². The Morgan fingerprint density at radius 2 is 2.23 bits per heavy atom. The van der Waals surface area contributed by atoms with E-state index >= 15 is 0 Å². The molecule has 13 heavy (non-hydrogen) atoms. The van der Waals surface area contributed by atoms with E-state index in [1.165, 1.54) is 0 Å². The van der Waals surface area contributed by atoms with Crippen molar-refractivity contribution >= 4 is 11.8 Å². The summed E-state index contributed by atoms with van der Waals surface area (Å²) in [4.78, 5) is 22.3. The number of carbonyl (C=O) groups is 2. The van der Waals surface area contributed by atoms with E-state index in [1.807, 2.05) is 0 Å². The smallest absolute Gasteiger partial charge is 0.230 e. The first kappa shape index (κ1) is 8.48. The summed E-state index contributed by atoms with van der Waals surface area (Å²) in [5.41, 5.74) is 0. The highest BCUT2D eigenvalue weighted by Gasteiger charge is 2.35. The first-order valence-corrected chi connectivity index (χ1v) is 4.78. The van der Waals surface area contributed by atoms with Crippen LogP contribution >= 0.6 is 0 Å². The number of rotatable bonds is 1. The molecule has 0 saturated carbocycles. The van der Waals surface area contributed by atoms with Crippen LogP contribution in [0, 0.1) is 11.8 Å². The van der Waals surface area contributed by atoms with Crippen molar-refractivity contribution < 1.29 is 9.59 Å². The van der Waals surface area contributed by atoms with Crippen LogP contribution in [0.25, 0.3) is 0 Å². The molecule has 70 valence electrons. The maximum absolute atomic E-state index is 11.3. The molecule has 2 atom stereocenters. The first-order chi connectivity index (χ1) is 6.27. The summed E-state index contributed by atoms with van der Waals surface area (Å²) in [5.74, 6) is -0.000210. The molecule has 1 saturated heterocycles. The van der Waals surface area contributed by atoms with Gasteiger partial charge in [0.05, 0.1) is 5.92 Å². The molecule has 0 aromatic heterocycles. The number of hydrogen-bond acceptors (Lipinski definition) is 2. The minimum atomic E-state index is -0.117. The van der Waals surface area contributed by atoms with Gasteiger partial charge in [0.2, 0.25) is 11.8 Å². The first-order valence-electron chi connectivity index (χ1n) is 4.78. The van der Waals surface area contributed by atoms with Crippen molar-refractivity contribution in [2.45, 2.75) is 25.7 Å². The fourth-order valence-electron chi connectivity index (χ4n) is 2.09. The highest BCUT2D eigenvalue weighted by atomic mass is 16.2. The third kappa shape index (κ3) is 1.64. The molecule has 3 nitrogen and oxygen atoms in total. The lowest BCUT2D eigenvalue weighted by molar-refractivity contribution is -0.126. The van der Waals surface area contributed by atoms with Crippen molar-refractivity contribution in [2.24, 2.45) is 11.8 Å². The van der Waals surface area contributed by atoms with Gasteiger partial charge in [-0.15, -0.1) is 0 Å². The van der Waals surface area contributed by atoms with Gasteiger partial charge in [0, 0.05) is 6.42 Å². The highest BCUT2D eigenvalue weighted by molar-refractivity contribution is 6.03. The Labute approximate surface area is 77.2 Å². The minimum absolute atomic E-state index is 0.0819. The summed E-state index contributed by atoms with van der Waals surface area (Å²) in [5, 5.41) is 2.35. The Bertz CT molecular complexity index is 270. The standard InChI is InChI=1S/C10H13NO2/c12-9-6-8(10(13)11-9)7-4-2-1-3-5-7/h2,4,7-8H,1,3,5-6H2,(H,11,12,13). The summed E-state index contributed by atoms with van der Waals surface area (Å²) in [6.45, 7) is 0. The fourth-order valence-corrected chi connectivity index (χ4v) is 2.09. The largest absolute Gasteiger partial charge is 0.296 e. The average molecular weight is 179 g/mol. The molecule has 0 bridgehead atoms. The monoisotopic (exact) mass is 179 g/mol. The number of hydrogen-bond donors (Lipinski definition) is 1. The number of carbonyl (C=O) groups excluding carboxylic acids is 2. The predicted octanol–water partition coefficient (Wildman–Crippen LogP) is 1.01. The molecule has 1 N–H and O–H groups in total. The number of amides is 2. The topological polar surface area (TPSA) is 46.2 Å². The molecule has 1 fully saturated rings. The van der Waals surface area contributed by atoms with Gasteiger partial charge in [-0.25, -0.2) is 0 Å². The second-order valence-corrected chi connectivity index (χ2v) is 3.75. The van der Waals surface area contributed by atoms with Gasteiger partial charge in [0.25, 0.3) is 0 Å². The molecule has 2 unspecified atom stereocenters. The van der Waals surface area contributed by atoms with Crippen LogP contribution in [-0.2, 0) is 9.59 Å². The molecule has 0 radical (unpaired) electrons. The third-order valence-electron chi connectivity index (χ3n) is 2.81. The number of nitrogens with one attached hydrogen (secondary N) is 1. The molecule has 2 rings (SSSR count). The summed E-state index contributed by atoms with van der Waals surface area (Å²) in [6, 6.07) is 0. The highest BCUT2D eigenvalue weighted by Crippen LogP contribution is 2.29. The predicted molar refractivity (Wildman–Crippen MR) is 47.7 cm³/mol. The van der Waals surface area contributed by atoms with Crippen molar-refractivity contribution in [3.8, 4) is 0 Å². The van der Waals surface area contributed by atoms with Crippen LogP contribution in [0.1, 0.15) is 25.7 Å². The van der Waals surface area contributed by atoms with Gasteiger partial charge in [-0.05, 0) is 25.2 Å². The van der Waals surface area contributed by atoms with Gasteiger partial charge in [-0.3, -0.25) is 14.9 Å². The lowest BCUT2D eigenvalue weighted by atomic mass is 9.83. The van der Waals surface area contributed by atoms with Crippen molar-refractivity contribution in [1.29, 1.82) is 0 Å². The molecular formula is C10H13NO2. The molecule has 1 aliphatic carbocycles. The summed E-state index contributed by atoms with van der Waals surface area (Å²) in [6.07, 6.45) is 7.88. The maximum atomic E-state index is 11.3. The van der Waals surface area contributed by atoms with Gasteiger partial charge in [-0.2, -0.15) is 0 Å². The number of allylic oxidation sites excluding steroid dienone is 2. The minimum Gasteiger partial charge on any atom is -0.296 e. The van der Waals surface area contributed by atoms with E-state index in [-0.39, 0.29) is 17.7 Å². The molecule has 0 aromatic carbocycles. The molecule has 3 heteroatoms. The summed E-state index contributed by atoms with van der Waals surface area (Å²) < 4.78 is 0. The van der Waals surface area contributed by atoms with Crippen LogP contribution in [-0.4, -0.2) is 11.8 Å². The Hall–Kier alpha value is -1.12. The molecule has 0 spiro atoms. The van der Waals surface area contributed by atoms with Crippen molar-refractivity contribution in [3.05, 3.63) is 12.2 Å². The second-order valence-electron chi connectivity index (χ2n) is 3.75. The average Bonchev–Trinajstić information content (AvgIpc) is 2.47. The second kappa shape index (κ2) is 3.32. The molecule has 1 heterocycles. The zero-order valence-electron chi connectivity index (χ0n) is 7.45. The van der Waals surface area contributed by atoms with Gasteiger partial charge in [-0.1, -0.05) is 12.2 Å². The molecule has 0 aromatic rings. The lowest BCUT2D eigenvalue weighted by Crippen LogP contribution is -2.26. The normalized spacial score (nSPS) is 33.5. The van der Waals surface area contributed by atoms with E-state index in [0.29, 0.717) is 12.3 Å². The van der Waals surface area contributed by atoms with E-state index in [1.54, 1.807) is 0 Å². The van der Waals surface area contributed by atoms with E-state index in [9.17, 15) is 9.59 Å². The van der Waals surface area contributed by atoms with E-state index in [4.69, 9.17) is 0 Å². The molecular weight excluding hydrogens is 166 g/mol. The van der Waals surface area contributed by atoms with Crippen LogP contribution in [0.5, 0.6) is 0 Å². The summed E-state index contributed by atoms with van der Waals surface area (Å²) >= 11 is 0.